The summed E-state index contributed by atoms with van der Waals surface area (Å²) in [7, 11) is 1.76. The minimum absolute atomic E-state index is 0.00428. The number of benzene rings is 2. The number of nitrogens with one attached hydrogen (secondary N) is 3. The Bertz CT molecular complexity index is 1660. The molecule has 2 aromatic carbocycles. The van der Waals surface area contributed by atoms with E-state index in [0.29, 0.717) is 41.1 Å². The Morgan fingerprint density at radius 3 is 2.85 bits per heavy atom. The number of carbonyl (C=O) groups excluding carboxylic acids is 2. The van der Waals surface area contributed by atoms with Crippen molar-refractivity contribution >= 4 is 40.3 Å². The Morgan fingerprint density at radius 2 is 2.03 bits per heavy atom. The summed E-state index contributed by atoms with van der Waals surface area (Å²) in [4.78, 5) is 45.0. The first kappa shape index (κ1) is 24.3. The monoisotopic (exact) mass is 527 g/mol. The molecule has 2 atom stereocenters. The third-order valence-corrected chi connectivity index (χ3v) is 7.10. The van der Waals surface area contributed by atoms with Crippen molar-refractivity contribution in [2.24, 2.45) is 7.05 Å². The van der Waals surface area contributed by atoms with Crippen LogP contribution in [0.15, 0.2) is 42.7 Å². The number of fused-ring (bicyclic) bond motifs is 3. The maximum Gasteiger partial charge on any atom is 0.335 e. The summed E-state index contributed by atoms with van der Waals surface area (Å²) in [5.74, 6) is -0.335. The Morgan fingerprint density at radius 1 is 1.18 bits per heavy atom. The van der Waals surface area contributed by atoms with Gasteiger partial charge in [0.05, 0.1) is 23.3 Å². The van der Waals surface area contributed by atoms with E-state index in [-0.39, 0.29) is 41.8 Å². The smallest absolute Gasteiger partial charge is 0.335 e. The molecule has 4 N–H and O–H groups in total. The fourth-order valence-electron chi connectivity index (χ4n) is 5.11. The van der Waals surface area contributed by atoms with E-state index in [1.807, 2.05) is 25.1 Å². The lowest BCUT2D eigenvalue weighted by atomic mass is 10.0. The van der Waals surface area contributed by atoms with E-state index in [2.05, 4.69) is 31.0 Å². The number of aryl methyl sites for hydroxylation is 2. The van der Waals surface area contributed by atoms with Crippen molar-refractivity contribution < 1.29 is 24.2 Å². The number of carbonyl (C=O) groups is 3. The van der Waals surface area contributed by atoms with Gasteiger partial charge in [-0.1, -0.05) is 12.1 Å². The summed E-state index contributed by atoms with van der Waals surface area (Å²) in [6.07, 6.45) is 2.67. The fourth-order valence-corrected chi connectivity index (χ4v) is 5.11. The van der Waals surface area contributed by atoms with Gasteiger partial charge in [0.25, 0.3) is 11.8 Å². The Balaban J connectivity index is 1.24. The number of amides is 2. The first-order chi connectivity index (χ1) is 18.8. The van der Waals surface area contributed by atoms with E-state index in [1.165, 1.54) is 6.33 Å². The third kappa shape index (κ3) is 4.39. The van der Waals surface area contributed by atoms with E-state index in [4.69, 9.17) is 4.74 Å². The minimum atomic E-state index is -0.977. The van der Waals surface area contributed by atoms with Gasteiger partial charge in [-0.2, -0.15) is 5.10 Å². The Kier molecular flexibility index (Phi) is 5.86. The molecule has 0 saturated heterocycles. The molecule has 2 amide bonds. The van der Waals surface area contributed by atoms with E-state index < -0.39 is 5.97 Å². The number of hydrogen-bond acceptors (Lipinski definition) is 8. The van der Waals surface area contributed by atoms with Crippen molar-refractivity contribution in [1.29, 1.82) is 0 Å². The minimum Gasteiger partial charge on any atom is -0.482 e. The molecule has 0 radical (unpaired) electrons. The number of nitrogens with zero attached hydrogens (tertiary/aromatic N) is 4. The second-order valence-electron chi connectivity index (χ2n) is 9.63. The highest BCUT2D eigenvalue weighted by atomic mass is 16.5. The van der Waals surface area contributed by atoms with Gasteiger partial charge in [0, 0.05) is 7.05 Å². The highest BCUT2D eigenvalue weighted by Crippen LogP contribution is 2.34. The molecule has 0 bridgehead atoms. The highest BCUT2D eigenvalue weighted by molar-refractivity contribution is 6.05. The quantitative estimate of drug-likeness (QED) is 0.295. The van der Waals surface area contributed by atoms with Crippen LogP contribution in [0.1, 0.15) is 63.0 Å². The van der Waals surface area contributed by atoms with Crippen molar-refractivity contribution in [2.75, 3.05) is 17.2 Å². The molecule has 12 nitrogen and oxygen atoms in total. The van der Waals surface area contributed by atoms with E-state index in [9.17, 15) is 19.5 Å². The van der Waals surface area contributed by atoms with E-state index >= 15 is 0 Å². The van der Waals surface area contributed by atoms with Crippen LogP contribution in [-0.2, 0) is 18.3 Å². The van der Waals surface area contributed by atoms with Crippen LogP contribution in [-0.4, -0.2) is 49.2 Å². The third-order valence-electron chi connectivity index (χ3n) is 7.10. The molecule has 198 valence electrons. The largest absolute Gasteiger partial charge is 0.482 e. The highest BCUT2D eigenvalue weighted by Gasteiger charge is 2.28. The van der Waals surface area contributed by atoms with Crippen LogP contribution < -0.4 is 20.7 Å². The van der Waals surface area contributed by atoms with Crippen LogP contribution >= 0.6 is 0 Å². The van der Waals surface area contributed by atoms with Crippen LogP contribution in [0.5, 0.6) is 5.75 Å². The molecule has 6 rings (SSSR count). The summed E-state index contributed by atoms with van der Waals surface area (Å²) in [6, 6.07) is 10.1. The molecule has 2 aliphatic rings. The van der Waals surface area contributed by atoms with Gasteiger partial charge in [-0.15, -0.1) is 0 Å². The number of ether oxygens (including phenoxy) is 1. The van der Waals surface area contributed by atoms with Crippen LogP contribution in [0, 0.1) is 0 Å². The predicted octanol–water partition coefficient (Wildman–Crippen LogP) is 2.98. The van der Waals surface area contributed by atoms with Gasteiger partial charge in [0.1, 0.15) is 23.1 Å². The second kappa shape index (κ2) is 9.39. The SMILES string of the molecule is CC(Nc1c2ncnc(C(=O)N[C@H]3CCc4cc(C(=O)O)ccc43)c2nn1C)c1ccc2c(c1)NC(=O)CO2. The second-order valence-corrected chi connectivity index (χ2v) is 9.63. The summed E-state index contributed by atoms with van der Waals surface area (Å²) in [6.45, 7) is 1.96. The molecule has 39 heavy (non-hydrogen) atoms. The van der Waals surface area contributed by atoms with Crippen LogP contribution in [0.4, 0.5) is 11.5 Å². The summed E-state index contributed by atoms with van der Waals surface area (Å²) < 4.78 is 7.06. The number of aromatic carboxylic acids is 1. The van der Waals surface area contributed by atoms with E-state index in [0.717, 1.165) is 16.7 Å². The average Bonchev–Trinajstić information content (AvgIpc) is 3.47. The number of anilines is 2. The van der Waals surface area contributed by atoms with Crippen molar-refractivity contribution in [3.05, 3.63) is 70.7 Å². The van der Waals surface area contributed by atoms with Gasteiger partial charge in [-0.3, -0.25) is 14.3 Å². The molecule has 1 aliphatic carbocycles. The summed E-state index contributed by atoms with van der Waals surface area (Å²) in [5, 5.41) is 23.1. The lowest BCUT2D eigenvalue weighted by Gasteiger charge is -2.21. The normalized spacial score (nSPS) is 16.6. The molecule has 1 aliphatic heterocycles. The van der Waals surface area contributed by atoms with Gasteiger partial charge in [-0.05, 0) is 60.7 Å². The molecule has 0 fully saturated rings. The zero-order valence-electron chi connectivity index (χ0n) is 21.2. The fraction of sp³-hybridized carbons (Fsp3) is 0.259. The van der Waals surface area contributed by atoms with Crippen LogP contribution in [0.2, 0.25) is 0 Å². The number of hydrogen-bond donors (Lipinski definition) is 4. The molecule has 0 spiro atoms. The number of carboxylic acids is 1. The molecule has 1 unspecified atom stereocenters. The zero-order chi connectivity index (χ0) is 27.3. The zero-order valence-corrected chi connectivity index (χ0v) is 21.2. The lowest BCUT2D eigenvalue weighted by molar-refractivity contribution is -0.118. The Hall–Kier alpha value is -5.00. The molecule has 12 heteroatoms. The summed E-state index contributed by atoms with van der Waals surface area (Å²) >= 11 is 0. The topological polar surface area (TPSA) is 160 Å². The van der Waals surface area contributed by atoms with Crippen molar-refractivity contribution in [1.82, 2.24) is 25.1 Å². The molecular formula is C27H25N7O5. The number of aromatic nitrogens is 4. The van der Waals surface area contributed by atoms with Crippen molar-refractivity contribution in [3.8, 4) is 5.75 Å². The van der Waals surface area contributed by atoms with Gasteiger partial charge < -0.3 is 25.8 Å². The van der Waals surface area contributed by atoms with Gasteiger partial charge in [-0.25, -0.2) is 14.8 Å². The van der Waals surface area contributed by atoms with Crippen molar-refractivity contribution in [2.45, 2.75) is 31.8 Å². The number of rotatable bonds is 6. The van der Waals surface area contributed by atoms with Crippen LogP contribution in [0.3, 0.4) is 0 Å². The first-order valence-electron chi connectivity index (χ1n) is 12.5. The summed E-state index contributed by atoms with van der Waals surface area (Å²) in [5.41, 5.74) is 4.58. The molecule has 2 aromatic heterocycles. The van der Waals surface area contributed by atoms with Crippen molar-refractivity contribution in [3.63, 3.8) is 0 Å². The maximum atomic E-state index is 13.3. The molecular weight excluding hydrogens is 502 g/mol. The standard InChI is InChI=1S/C27H25N7O5/c1-13(14-5-8-20-19(10-14)31-21(35)11-39-20)30-25-23-22(33-34(25)2)24(29-12-28-23)26(36)32-18-7-4-15-9-16(27(37)38)3-6-17(15)18/h3,5-6,8-10,12-13,18,30H,4,7,11H2,1-2H3,(H,31,35)(H,32,36)(H,37,38)/t13?,18-/m0/s1. The Labute approximate surface area is 222 Å². The van der Waals surface area contributed by atoms with Crippen LogP contribution in [0.25, 0.3) is 11.0 Å². The van der Waals surface area contributed by atoms with Gasteiger partial charge in [0.15, 0.2) is 18.1 Å². The average molecular weight is 528 g/mol. The van der Waals surface area contributed by atoms with Gasteiger partial charge in [0.2, 0.25) is 0 Å². The first-order valence-corrected chi connectivity index (χ1v) is 12.5. The molecule has 4 aromatic rings. The lowest BCUT2D eigenvalue weighted by Crippen LogP contribution is -2.28. The predicted molar refractivity (Wildman–Crippen MR) is 141 cm³/mol. The maximum absolute atomic E-state index is 13.3. The molecule has 0 saturated carbocycles. The number of carboxylic acid groups (broad SMARTS) is 1. The molecule has 3 heterocycles. The van der Waals surface area contributed by atoms with Gasteiger partial charge >= 0.3 is 5.97 Å². The van der Waals surface area contributed by atoms with E-state index in [1.54, 1.807) is 29.9 Å².